The van der Waals surface area contributed by atoms with Gasteiger partial charge in [-0.2, -0.15) is 0 Å². The van der Waals surface area contributed by atoms with Crippen LogP contribution in [0.5, 0.6) is 0 Å². The summed E-state index contributed by atoms with van der Waals surface area (Å²) in [6.45, 7) is 10.7. The molecule has 0 saturated heterocycles. The summed E-state index contributed by atoms with van der Waals surface area (Å²) in [5.41, 5.74) is 0.458. The van der Waals surface area contributed by atoms with Crippen molar-refractivity contribution in [2.24, 2.45) is 0 Å². The summed E-state index contributed by atoms with van der Waals surface area (Å²) in [6, 6.07) is 4.27. The molecule has 194 valence electrons. The first kappa shape index (κ1) is 30.0. The number of ether oxygens (including phenoxy) is 1. The number of terminal acetylenes is 1. The fourth-order valence-corrected chi connectivity index (χ4v) is 3.49. The molecule has 0 radical (unpaired) electrons. The van der Waals surface area contributed by atoms with Gasteiger partial charge in [0.2, 0.25) is 11.8 Å². The normalized spacial score (nSPS) is 13.7. The average molecular weight is 488 g/mol. The highest BCUT2D eigenvalue weighted by molar-refractivity contribution is 5.92. The van der Waals surface area contributed by atoms with Gasteiger partial charge in [0, 0.05) is 18.2 Å². The van der Waals surface area contributed by atoms with Crippen molar-refractivity contribution in [2.75, 3.05) is 13.2 Å². The van der Waals surface area contributed by atoms with Gasteiger partial charge >= 0.3 is 6.09 Å². The topological polar surface area (TPSA) is 108 Å². The van der Waals surface area contributed by atoms with Crippen LogP contribution in [0, 0.1) is 12.3 Å². The van der Waals surface area contributed by atoms with E-state index >= 15 is 0 Å². The van der Waals surface area contributed by atoms with Crippen LogP contribution >= 0.6 is 0 Å². The molecule has 3 atom stereocenters. The van der Waals surface area contributed by atoms with E-state index in [2.05, 4.69) is 23.5 Å². The molecule has 0 bridgehead atoms. The van der Waals surface area contributed by atoms with Crippen LogP contribution < -0.4 is 10.6 Å². The molecule has 1 rings (SSSR count). The Morgan fingerprint density at radius 2 is 1.77 bits per heavy atom. The van der Waals surface area contributed by atoms with Crippen molar-refractivity contribution in [3.8, 4) is 12.3 Å². The fourth-order valence-electron chi connectivity index (χ4n) is 3.49. The van der Waals surface area contributed by atoms with Gasteiger partial charge in [0.15, 0.2) is 0 Å². The number of aliphatic hydroxyl groups excluding tert-OH is 1. The highest BCUT2D eigenvalue weighted by Gasteiger charge is 2.38. The van der Waals surface area contributed by atoms with Gasteiger partial charge in [-0.1, -0.05) is 44.7 Å². The smallest absolute Gasteiger partial charge is 0.408 e. The second-order valence-electron chi connectivity index (χ2n) is 9.55. The van der Waals surface area contributed by atoms with Crippen molar-refractivity contribution in [2.45, 2.75) is 91.0 Å². The van der Waals surface area contributed by atoms with Crippen LogP contribution in [0.25, 0.3) is 0 Å². The Hall–Kier alpha value is -3.05. The van der Waals surface area contributed by atoms with Crippen molar-refractivity contribution in [3.05, 3.63) is 35.4 Å². The molecule has 1 aromatic rings. The zero-order valence-electron chi connectivity index (χ0n) is 21.9. The van der Waals surface area contributed by atoms with Gasteiger partial charge in [-0.3, -0.25) is 9.59 Å². The van der Waals surface area contributed by atoms with E-state index in [1.165, 1.54) is 4.90 Å². The maximum atomic E-state index is 13.7. The Morgan fingerprint density at radius 3 is 2.26 bits per heavy atom. The van der Waals surface area contributed by atoms with E-state index < -0.39 is 36.3 Å². The molecule has 3 N–H and O–H groups in total. The summed E-state index contributed by atoms with van der Waals surface area (Å²) < 4.78 is 5.25. The van der Waals surface area contributed by atoms with Gasteiger partial charge < -0.3 is 25.4 Å². The van der Waals surface area contributed by atoms with Crippen molar-refractivity contribution in [3.63, 3.8) is 0 Å². The minimum atomic E-state index is -1.28. The quantitative estimate of drug-likeness (QED) is 0.309. The second kappa shape index (κ2) is 14.4. The molecule has 0 heterocycles. The number of nitrogens with one attached hydrogen (secondary N) is 2. The first-order chi connectivity index (χ1) is 16.5. The van der Waals surface area contributed by atoms with Crippen LogP contribution in [0.4, 0.5) is 4.79 Å². The number of benzene rings is 1. The fraction of sp³-hybridized carbons (Fsp3) is 0.593. The number of carbonyl (C=O) groups is 3. The largest absolute Gasteiger partial charge is 0.444 e. The number of alkyl carbamates (subject to hydrolysis) is 1. The number of unbranched alkanes of at least 4 members (excludes halogenated alkanes) is 2. The van der Waals surface area contributed by atoms with E-state index in [0.29, 0.717) is 24.1 Å². The first-order valence-electron chi connectivity index (χ1n) is 12.3. The maximum absolute atomic E-state index is 13.7. The molecule has 0 aliphatic carbocycles. The molecule has 35 heavy (non-hydrogen) atoms. The molecule has 1 aromatic carbocycles. The van der Waals surface area contributed by atoms with E-state index in [4.69, 9.17) is 11.2 Å². The van der Waals surface area contributed by atoms with Crippen molar-refractivity contribution in [1.82, 2.24) is 15.5 Å². The van der Waals surface area contributed by atoms with Crippen LogP contribution in [0.15, 0.2) is 24.3 Å². The van der Waals surface area contributed by atoms with E-state index in [0.717, 1.165) is 19.3 Å². The van der Waals surface area contributed by atoms with Crippen LogP contribution in [-0.4, -0.2) is 58.8 Å². The monoisotopic (exact) mass is 487 g/mol. The highest BCUT2D eigenvalue weighted by atomic mass is 16.6. The first-order valence-corrected chi connectivity index (χ1v) is 12.3. The summed E-state index contributed by atoms with van der Waals surface area (Å²) in [5.74, 6) is 1.63. The number of aliphatic hydroxyl groups is 1. The van der Waals surface area contributed by atoms with Gasteiger partial charge in [-0.15, -0.1) is 6.42 Å². The average Bonchev–Trinajstić information content (AvgIpc) is 2.81. The van der Waals surface area contributed by atoms with E-state index in [9.17, 15) is 19.5 Å². The number of nitrogens with zero attached hydrogens (tertiary/aromatic N) is 1. The Morgan fingerprint density at radius 1 is 1.14 bits per heavy atom. The molecule has 0 aliphatic rings. The Balaban J connectivity index is 3.37. The van der Waals surface area contributed by atoms with Crippen molar-refractivity contribution >= 4 is 17.9 Å². The predicted molar refractivity (Wildman–Crippen MR) is 136 cm³/mol. The second-order valence-corrected chi connectivity index (χ2v) is 9.55. The van der Waals surface area contributed by atoms with E-state index in [1.807, 2.05) is 13.8 Å². The van der Waals surface area contributed by atoms with Crippen LogP contribution in [0.1, 0.15) is 84.4 Å². The number of hydrogen-bond donors (Lipinski definition) is 3. The lowest BCUT2D eigenvalue weighted by atomic mass is 9.99. The zero-order chi connectivity index (χ0) is 26.6. The third-order valence-electron chi connectivity index (χ3n) is 5.49. The maximum Gasteiger partial charge on any atom is 0.408 e. The number of carbonyl (C=O) groups excluding carboxylic acids is 3. The predicted octanol–water partition coefficient (Wildman–Crippen LogP) is 3.53. The summed E-state index contributed by atoms with van der Waals surface area (Å²) in [4.78, 5) is 40.9. The molecular formula is C27H41N3O5. The molecule has 8 nitrogen and oxygen atoms in total. The minimum absolute atomic E-state index is 0.336. The van der Waals surface area contributed by atoms with Gasteiger partial charge in [-0.05, 0) is 58.2 Å². The number of amides is 3. The van der Waals surface area contributed by atoms with Crippen LogP contribution in [-0.2, 0) is 14.3 Å². The van der Waals surface area contributed by atoms with Gasteiger partial charge in [0.25, 0.3) is 0 Å². The van der Waals surface area contributed by atoms with Crippen molar-refractivity contribution in [1.29, 1.82) is 0 Å². The molecule has 0 aliphatic heterocycles. The third kappa shape index (κ3) is 9.61. The molecule has 3 unspecified atom stereocenters. The summed E-state index contributed by atoms with van der Waals surface area (Å²) >= 11 is 0. The molecule has 0 saturated carbocycles. The minimum Gasteiger partial charge on any atom is -0.444 e. The van der Waals surface area contributed by atoms with Gasteiger partial charge in [0.05, 0.1) is 6.61 Å². The molecule has 8 heteroatoms. The van der Waals surface area contributed by atoms with Crippen LogP contribution in [0.3, 0.4) is 0 Å². The third-order valence-corrected chi connectivity index (χ3v) is 5.49. The standard InChI is InChI=1S/C27H41N3O5/c1-8-11-12-17-28-24(32)23(21-15-13-20(10-3)14-16-21)30(19(4)9-2)25(33)22(18-31)29-26(34)35-27(5,6)7/h3,13-16,19,22-23,31H,8-9,11-12,17-18H2,1-2,4-7H3,(H,28,32)(H,29,34). The Bertz CT molecular complexity index is 870. The van der Waals surface area contributed by atoms with Gasteiger partial charge in [0.1, 0.15) is 17.7 Å². The van der Waals surface area contributed by atoms with E-state index in [-0.39, 0.29) is 11.9 Å². The van der Waals surface area contributed by atoms with Crippen LogP contribution in [0.2, 0.25) is 0 Å². The Kier molecular flexibility index (Phi) is 12.3. The molecule has 0 spiro atoms. The van der Waals surface area contributed by atoms with Crippen molar-refractivity contribution < 1.29 is 24.2 Å². The Labute approximate surface area is 209 Å². The summed E-state index contributed by atoms with van der Waals surface area (Å²) in [5, 5.41) is 15.4. The highest BCUT2D eigenvalue weighted by Crippen LogP contribution is 2.26. The summed E-state index contributed by atoms with van der Waals surface area (Å²) in [7, 11) is 0. The lowest BCUT2D eigenvalue weighted by molar-refractivity contribution is -0.145. The summed E-state index contributed by atoms with van der Waals surface area (Å²) in [6.07, 6.45) is 8.02. The molecule has 0 fully saturated rings. The molecular weight excluding hydrogens is 446 g/mol. The van der Waals surface area contributed by atoms with E-state index in [1.54, 1.807) is 45.0 Å². The zero-order valence-corrected chi connectivity index (χ0v) is 21.9. The molecule has 0 aromatic heterocycles. The number of hydrogen-bond acceptors (Lipinski definition) is 5. The lowest BCUT2D eigenvalue weighted by Gasteiger charge is -2.38. The molecule has 3 amide bonds. The van der Waals surface area contributed by atoms with Gasteiger partial charge in [-0.25, -0.2) is 4.79 Å². The SMILES string of the molecule is C#Cc1ccc(C(C(=O)NCCCCC)N(C(=O)C(CO)NC(=O)OC(C)(C)C)C(C)CC)cc1. The lowest BCUT2D eigenvalue weighted by Crippen LogP contribution is -2.56. The number of rotatable bonds is 12.